The van der Waals surface area contributed by atoms with Crippen LogP contribution in [0.25, 0.3) is 0 Å². The van der Waals surface area contributed by atoms with Crippen LogP contribution in [0.3, 0.4) is 0 Å². The molecule has 6 heteroatoms. The highest BCUT2D eigenvalue weighted by atomic mass is 79.9. The monoisotopic (exact) mass is 398 g/mol. The number of para-hydroxylation sites is 1. The Kier molecular flexibility index (Phi) is 4.67. The molecule has 2 aromatic rings. The van der Waals surface area contributed by atoms with Crippen molar-refractivity contribution in [1.82, 2.24) is 0 Å². The molecule has 0 spiro atoms. The van der Waals surface area contributed by atoms with E-state index in [4.69, 9.17) is 16.2 Å². The Morgan fingerprint density at radius 1 is 1.15 bits per heavy atom. The summed E-state index contributed by atoms with van der Waals surface area (Å²) in [6.07, 6.45) is 0. The number of benzene rings is 2. The third-order valence-corrected chi connectivity index (χ3v) is 3.97. The van der Waals surface area contributed by atoms with Gasteiger partial charge in [0.25, 0.3) is 0 Å². The molecule has 2 aromatic carbocycles. The highest BCUT2D eigenvalue weighted by Crippen LogP contribution is 2.33. The summed E-state index contributed by atoms with van der Waals surface area (Å²) < 4.78 is 7.44. The third kappa shape index (κ3) is 3.32. The Morgan fingerprint density at radius 2 is 1.80 bits per heavy atom. The van der Waals surface area contributed by atoms with Crippen molar-refractivity contribution in [1.29, 1.82) is 0 Å². The highest BCUT2D eigenvalue weighted by Gasteiger charge is 2.09. The quantitative estimate of drug-likeness (QED) is 0.772. The van der Waals surface area contributed by atoms with Gasteiger partial charge in [0.2, 0.25) is 5.91 Å². The number of carbonyl (C=O) groups is 1. The summed E-state index contributed by atoms with van der Waals surface area (Å²) in [5, 5.41) is 0. The van der Waals surface area contributed by atoms with E-state index < -0.39 is 5.91 Å². The van der Waals surface area contributed by atoms with E-state index in [9.17, 15) is 4.79 Å². The molecule has 0 aliphatic rings. The van der Waals surface area contributed by atoms with Crippen molar-refractivity contribution < 1.29 is 9.53 Å². The highest BCUT2D eigenvalue weighted by molar-refractivity contribution is 9.11. The van der Waals surface area contributed by atoms with Gasteiger partial charge in [-0.2, -0.15) is 0 Å². The SMILES string of the molecule is NC(=O)c1ccc(COc2c(Br)cccc2Br)c(N)c1. The second kappa shape index (κ2) is 6.28. The number of nitrogen functional groups attached to an aromatic ring is 1. The molecular weight excluding hydrogens is 388 g/mol. The first-order chi connectivity index (χ1) is 9.49. The van der Waals surface area contributed by atoms with Gasteiger partial charge in [0.1, 0.15) is 12.4 Å². The van der Waals surface area contributed by atoms with Crippen LogP contribution >= 0.6 is 31.9 Å². The molecule has 2 rings (SSSR count). The van der Waals surface area contributed by atoms with E-state index in [1.165, 1.54) is 0 Å². The third-order valence-electron chi connectivity index (χ3n) is 2.72. The van der Waals surface area contributed by atoms with Gasteiger partial charge in [-0.25, -0.2) is 0 Å². The zero-order valence-electron chi connectivity index (χ0n) is 10.4. The van der Waals surface area contributed by atoms with E-state index in [1.807, 2.05) is 18.2 Å². The number of rotatable bonds is 4. The first-order valence-electron chi connectivity index (χ1n) is 5.74. The number of halogens is 2. The Bertz CT molecular complexity index is 639. The van der Waals surface area contributed by atoms with Crippen LogP contribution < -0.4 is 16.2 Å². The number of hydrogen-bond acceptors (Lipinski definition) is 3. The lowest BCUT2D eigenvalue weighted by molar-refractivity contribution is 0.100. The fourth-order valence-electron chi connectivity index (χ4n) is 1.65. The number of anilines is 1. The van der Waals surface area contributed by atoms with E-state index in [-0.39, 0.29) is 0 Å². The molecule has 0 saturated carbocycles. The molecule has 1 amide bonds. The van der Waals surface area contributed by atoms with E-state index in [2.05, 4.69) is 31.9 Å². The molecular formula is C14H12Br2N2O2. The summed E-state index contributed by atoms with van der Waals surface area (Å²) in [4.78, 5) is 11.1. The maximum atomic E-state index is 11.1. The standard InChI is InChI=1S/C14H12Br2N2O2/c15-10-2-1-3-11(16)13(10)20-7-9-5-4-8(14(18)19)6-12(9)17/h1-6H,7,17H2,(H2,18,19). The van der Waals surface area contributed by atoms with E-state index in [0.29, 0.717) is 23.6 Å². The van der Waals surface area contributed by atoms with Crippen molar-refractivity contribution in [2.45, 2.75) is 6.61 Å². The Hall–Kier alpha value is -1.53. The van der Waals surface area contributed by atoms with Gasteiger partial charge in [-0.1, -0.05) is 12.1 Å². The predicted octanol–water partition coefficient (Wildman–Crippen LogP) is 3.47. The summed E-state index contributed by atoms with van der Waals surface area (Å²) in [5.41, 5.74) is 12.7. The lowest BCUT2D eigenvalue weighted by Crippen LogP contribution is -2.12. The average molecular weight is 400 g/mol. The summed E-state index contributed by atoms with van der Waals surface area (Å²) in [6.45, 7) is 0.298. The van der Waals surface area contributed by atoms with Gasteiger partial charge in [0.05, 0.1) is 8.95 Å². The molecule has 104 valence electrons. The van der Waals surface area contributed by atoms with Crippen LogP contribution in [0.1, 0.15) is 15.9 Å². The van der Waals surface area contributed by atoms with Crippen LogP contribution in [0.15, 0.2) is 45.3 Å². The average Bonchev–Trinajstić information content (AvgIpc) is 2.39. The van der Waals surface area contributed by atoms with Gasteiger partial charge in [-0.05, 0) is 56.1 Å². The molecule has 0 aromatic heterocycles. The van der Waals surface area contributed by atoms with E-state index in [0.717, 1.165) is 14.5 Å². The number of ether oxygens (including phenoxy) is 1. The zero-order valence-corrected chi connectivity index (χ0v) is 13.6. The van der Waals surface area contributed by atoms with E-state index >= 15 is 0 Å². The van der Waals surface area contributed by atoms with Crippen molar-refractivity contribution >= 4 is 43.5 Å². The Morgan fingerprint density at radius 3 is 2.35 bits per heavy atom. The van der Waals surface area contributed by atoms with Crippen LogP contribution in [0, 0.1) is 0 Å². The molecule has 20 heavy (non-hydrogen) atoms. The predicted molar refractivity (Wildman–Crippen MR) is 85.5 cm³/mol. The smallest absolute Gasteiger partial charge is 0.248 e. The van der Waals surface area contributed by atoms with Gasteiger partial charge < -0.3 is 16.2 Å². The Balaban J connectivity index is 2.17. The minimum atomic E-state index is -0.502. The van der Waals surface area contributed by atoms with Gasteiger partial charge in [0.15, 0.2) is 0 Å². The number of carbonyl (C=O) groups excluding carboxylic acids is 1. The van der Waals surface area contributed by atoms with Crippen molar-refractivity contribution in [2.24, 2.45) is 5.73 Å². The first kappa shape index (κ1) is 14.9. The summed E-state index contributed by atoms with van der Waals surface area (Å²) in [5.74, 6) is 0.198. The molecule has 4 N–H and O–H groups in total. The van der Waals surface area contributed by atoms with Crippen LogP contribution in [0.2, 0.25) is 0 Å². The van der Waals surface area contributed by atoms with E-state index in [1.54, 1.807) is 18.2 Å². The molecule has 0 bridgehead atoms. The molecule has 0 aliphatic heterocycles. The van der Waals surface area contributed by atoms with Gasteiger partial charge in [0, 0.05) is 16.8 Å². The maximum absolute atomic E-state index is 11.1. The van der Waals surface area contributed by atoms with Gasteiger partial charge in [-0.15, -0.1) is 0 Å². The largest absolute Gasteiger partial charge is 0.486 e. The molecule has 0 saturated heterocycles. The van der Waals surface area contributed by atoms with Crippen LogP contribution in [0.4, 0.5) is 5.69 Å². The number of hydrogen-bond donors (Lipinski definition) is 2. The molecule has 0 aliphatic carbocycles. The van der Waals surface area contributed by atoms with Crippen molar-refractivity contribution in [3.63, 3.8) is 0 Å². The van der Waals surface area contributed by atoms with Crippen molar-refractivity contribution in [2.75, 3.05) is 5.73 Å². The maximum Gasteiger partial charge on any atom is 0.248 e. The van der Waals surface area contributed by atoms with Gasteiger partial charge >= 0.3 is 0 Å². The summed E-state index contributed by atoms with van der Waals surface area (Å²) >= 11 is 6.84. The topological polar surface area (TPSA) is 78.3 Å². The van der Waals surface area contributed by atoms with Crippen LogP contribution in [-0.4, -0.2) is 5.91 Å². The molecule has 0 atom stereocenters. The van der Waals surface area contributed by atoms with Crippen molar-refractivity contribution in [3.8, 4) is 5.75 Å². The lowest BCUT2D eigenvalue weighted by atomic mass is 10.1. The van der Waals surface area contributed by atoms with Crippen LogP contribution in [-0.2, 0) is 6.61 Å². The first-order valence-corrected chi connectivity index (χ1v) is 7.32. The second-order valence-electron chi connectivity index (χ2n) is 4.12. The molecule has 0 heterocycles. The molecule has 0 radical (unpaired) electrons. The van der Waals surface area contributed by atoms with Crippen molar-refractivity contribution in [3.05, 3.63) is 56.5 Å². The number of primary amides is 1. The normalized spacial score (nSPS) is 10.3. The number of nitrogens with two attached hydrogens (primary N) is 2. The minimum absolute atomic E-state index is 0.298. The lowest BCUT2D eigenvalue weighted by Gasteiger charge is -2.12. The minimum Gasteiger partial charge on any atom is -0.486 e. The van der Waals surface area contributed by atoms with Crippen LogP contribution in [0.5, 0.6) is 5.75 Å². The summed E-state index contributed by atoms with van der Waals surface area (Å²) in [7, 11) is 0. The fraction of sp³-hybridized carbons (Fsp3) is 0.0714. The molecule has 0 fully saturated rings. The number of amides is 1. The second-order valence-corrected chi connectivity index (χ2v) is 5.83. The molecule has 4 nitrogen and oxygen atoms in total. The zero-order chi connectivity index (χ0) is 14.7. The fourth-order valence-corrected chi connectivity index (χ4v) is 2.88. The molecule has 0 unspecified atom stereocenters. The van der Waals surface area contributed by atoms with Gasteiger partial charge in [-0.3, -0.25) is 4.79 Å². The summed E-state index contributed by atoms with van der Waals surface area (Å²) in [6, 6.07) is 10.6. The Labute approximate surface area is 133 Å².